The summed E-state index contributed by atoms with van der Waals surface area (Å²) in [6, 6.07) is 0. The lowest BCUT2D eigenvalue weighted by Gasteiger charge is -2.04. The van der Waals surface area contributed by atoms with Crippen molar-refractivity contribution >= 4 is 0 Å². The van der Waals surface area contributed by atoms with Crippen molar-refractivity contribution in [3.8, 4) is 0 Å². The summed E-state index contributed by atoms with van der Waals surface area (Å²) in [5.41, 5.74) is 0. The molecule has 0 aromatic heterocycles. The highest BCUT2D eigenvalue weighted by Crippen LogP contribution is 2.10. The highest BCUT2D eigenvalue weighted by Gasteiger charge is 1.93. The van der Waals surface area contributed by atoms with Gasteiger partial charge in [0.05, 0.1) is 0 Å². The molecule has 1 heteroatoms. The molecular formula is C25H50O. The number of hydrogen-bond donors (Lipinski definition) is 0. The molecule has 0 heterocycles. The van der Waals surface area contributed by atoms with E-state index in [0.29, 0.717) is 0 Å². The van der Waals surface area contributed by atoms with Crippen LogP contribution in [0.2, 0.25) is 0 Å². The van der Waals surface area contributed by atoms with Crippen LogP contribution in [0.5, 0.6) is 0 Å². The lowest BCUT2D eigenvalue weighted by atomic mass is 10.1. The van der Waals surface area contributed by atoms with Crippen LogP contribution >= 0.6 is 0 Å². The first-order chi connectivity index (χ1) is 12.9. The van der Waals surface area contributed by atoms with Gasteiger partial charge in [-0.05, 0) is 38.5 Å². The SMILES string of the molecule is CCCCCCCC/C=C\CCCCCCCCOCCCCCCC. The van der Waals surface area contributed by atoms with Crippen LogP contribution in [0.3, 0.4) is 0 Å². The maximum absolute atomic E-state index is 5.72. The molecule has 0 aliphatic rings. The molecule has 0 radical (unpaired) electrons. The monoisotopic (exact) mass is 366 g/mol. The van der Waals surface area contributed by atoms with E-state index in [4.69, 9.17) is 4.74 Å². The molecule has 0 N–H and O–H groups in total. The van der Waals surface area contributed by atoms with E-state index in [1.54, 1.807) is 0 Å². The molecule has 0 saturated carbocycles. The fourth-order valence-corrected chi connectivity index (χ4v) is 3.36. The van der Waals surface area contributed by atoms with Crippen molar-refractivity contribution in [2.24, 2.45) is 0 Å². The first-order valence-corrected chi connectivity index (χ1v) is 12.1. The van der Waals surface area contributed by atoms with Crippen molar-refractivity contribution in [3.63, 3.8) is 0 Å². The zero-order chi connectivity index (χ0) is 19.0. The summed E-state index contributed by atoms with van der Waals surface area (Å²) in [6.45, 7) is 6.52. The van der Waals surface area contributed by atoms with Crippen molar-refractivity contribution in [2.75, 3.05) is 13.2 Å². The normalized spacial score (nSPS) is 11.6. The van der Waals surface area contributed by atoms with Crippen molar-refractivity contribution in [1.29, 1.82) is 0 Å². The Morgan fingerprint density at radius 2 is 0.769 bits per heavy atom. The first-order valence-electron chi connectivity index (χ1n) is 12.1. The van der Waals surface area contributed by atoms with Crippen molar-refractivity contribution < 1.29 is 4.74 Å². The summed E-state index contributed by atoms with van der Waals surface area (Å²) in [4.78, 5) is 0. The molecule has 0 amide bonds. The number of hydrogen-bond acceptors (Lipinski definition) is 1. The second-order valence-electron chi connectivity index (χ2n) is 7.96. The second kappa shape index (κ2) is 24.7. The molecule has 26 heavy (non-hydrogen) atoms. The molecule has 0 rings (SSSR count). The van der Waals surface area contributed by atoms with Gasteiger partial charge in [-0.1, -0.05) is 109 Å². The Morgan fingerprint density at radius 1 is 0.423 bits per heavy atom. The van der Waals surface area contributed by atoms with E-state index >= 15 is 0 Å². The third kappa shape index (κ3) is 23.7. The molecule has 156 valence electrons. The molecule has 0 saturated heterocycles. The average molecular weight is 367 g/mol. The van der Waals surface area contributed by atoms with Crippen molar-refractivity contribution in [1.82, 2.24) is 0 Å². The fraction of sp³-hybridized carbons (Fsp3) is 0.920. The predicted molar refractivity (Wildman–Crippen MR) is 119 cm³/mol. The van der Waals surface area contributed by atoms with Crippen molar-refractivity contribution in [3.05, 3.63) is 12.2 Å². The lowest BCUT2D eigenvalue weighted by molar-refractivity contribution is 0.125. The Labute approximate surface area is 166 Å². The Bertz CT molecular complexity index is 259. The van der Waals surface area contributed by atoms with Gasteiger partial charge in [-0.2, -0.15) is 0 Å². The smallest absolute Gasteiger partial charge is 0.0466 e. The molecule has 0 aliphatic heterocycles. The standard InChI is InChI=1S/C25H50O/c1-3-5-7-9-10-11-12-13-14-15-16-17-18-19-21-23-25-26-24-22-20-8-6-4-2/h13-14H,3-12,15-25H2,1-2H3/b14-13-. The van der Waals surface area contributed by atoms with Gasteiger partial charge in [0.2, 0.25) is 0 Å². The Hall–Kier alpha value is -0.300. The molecular weight excluding hydrogens is 316 g/mol. The van der Waals surface area contributed by atoms with Gasteiger partial charge in [0.15, 0.2) is 0 Å². The molecule has 0 aromatic carbocycles. The highest BCUT2D eigenvalue weighted by atomic mass is 16.5. The van der Waals surface area contributed by atoms with Crippen LogP contribution in [-0.2, 0) is 4.74 Å². The van der Waals surface area contributed by atoms with Crippen LogP contribution in [0, 0.1) is 0 Å². The quantitative estimate of drug-likeness (QED) is 0.137. The molecule has 0 fully saturated rings. The molecule has 0 aliphatic carbocycles. The van der Waals surface area contributed by atoms with Gasteiger partial charge in [-0.3, -0.25) is 0 Å². The molecule has 0 atom stereocenters. The number of ether oxygens (including phenoxy) is 1. The minimum atomic E-state index is 0.981. The van der Waals surface area contributed by atoms with E-state index in [0.717, 1.165) is 13.2 Å². The van der Waals surface area contributed by atoms with Gasteiger partial charge >= 0.3 is 0 Å². The zero-order valence-electron chi connectivity index (χ0n) is 18.4. The van der Waals surface area contributed by atoms with E-state index < -0.39 is 0 Å². The van der Waals surface area contributed by atoms with Crippen molar-refractivity contribution in [2.45, 2.75) is 136 Å². The highest BCUT2D eigenvalue weighted by molar-refractivity contribution is 4.81. The summed E-state index contributed by atoms with van der Waals surface area (Å²) < 4.78 is 5.72. The minimum absolute atomic E-state index is 0.981. The Kier molecular flexibility index (Phi) is 24.4. The Balaban J connectivity index is 3.03. The first kappa shape index (κ1) is 25.7. The number of allylic oxidation sites excluding steroid dienone is 2. The van der Waals surface area contributed by atoms with E-state index in [9.17, 15) is 0 Å². The molecule has 0 aromatic rings. The molecule has 0 spiro atoms. The third-order valence-corrected chi connectivity index (χ3v) is 5.19. The minimum Gasteiger partial charge on any atom is -0.381 e. The summed E-state index contributed by atoms with van der Waals surface area (Å²) >= 11 is 0. The van der Waals surface area contributed by atoms with Gasteiger partial charge in [0.25, 0.3) is 0 Å². The van der Waals surface area contributed by atoms with E-state index in [2.05, 4.69) is 26.0 Å². The van der Waals surface area contributed by atoms with Crippen LogP contribution in [0.25, 0.3) is 0 Å². The van der Waals surface area contributed by atoms with E-state index in [-0.39, 0.29) is 0 Å². The number of rotatable bonds is 22. The van der Waals surface area contributed by atoms with Gasteiger partial charge < -0.3 is 4.74 Å². The topological polar surface area (TPSA) is 9.23 Å². The summed E-state index contributed by atoms with van der Waals surface area (Å²) in [5.74, 6) is 0. The zero-order valence-corrected chi connectivity index (χ0v) is 18.4. The summed E-state index contributed by atoms with van der Waals surface area (Å²) in [6.07, 6.45) is 30.8. The summed E-state index contributed by atoms with van der Waals surface area (Å²) in [5, 5.41) is 0. The van der Waals surface area contributed by atoms with E-state index in [1.807, 2.05) is 0 Å². The largest absolute Gasteiger partial charge is 0.381 e. The molecule has 0 bridgehead atoms. The van der Waals surface area contributed by atoms with Crippen LogP contribution < -0.4 is 0 Å². The third-order valence-electron chi connectivity index (χ3n) is 5.19. The van der Waals surface area contributed by atoms with Crippen LogP contribution in [0.4, 0.5) is 0 Å². The number of unbranched alkanes of at least 4 members (excludes halogenated alkanes) is 16. The van der Waals surface area contributed by atoms with Crippen LogP contribution in [0.15, 0.2) is 12.2 Å². The predicted octanol–water partition coefficient (Wildman–Crippen LogP) is 9.01. The molecule has 0 unspecified atom stereocenters. The van der Waals surface area contributed by atoms with Gasteiger partial charge in [-0.15, -0.1) is 0 Å². The lowest BCUT2D eigenvalue weighted by Crippen LogP contribution is -1.97. The van der Waals surface area contributed by atoms with Crippen LogP contribution in [-0.4, -0.2) is 13.2 Å². The average Bonchev–Trinajstić information content (AvgIpc) is 2.66. The fourth-order valence-electron chi connectivity index (χ4n) is 3.36. The maximum Gasteiger partial charge on any atom is 0.0466 e. The van der Waals surface area contributed by atoms with E-state index in [1.165, 1.54) is 122 Å². The molecule has 1 nitrogen and oxygen atoms in total. The summed E-state index contributed by atoms with van der Waals surface area (Å²) in [7, 11) is 0. The maximum atomic E-state index is 5.72. The van der Waals surface area contributed by atoms with Crippen LogP contribution in [0.1, 0.15) is 136 Å². The van der Waals surface area contributed by atoms with Gasteiger partial charge in [0, 0.05) is 13.2 Å². The Morgan fingerprint density at radius 3 is 1.19 bits per heavy atom. The van der Waals surface area contributed by atoms with Gasteiger partial charge in [-0.25, -0.2) is 0 Å². The van der Waals surface area contributed by atoms with Gasteiger partial charge in [0.1, 0.15) is 0 Å². The second-order valence-corrected chi connectivity index (χ2v) is 7.96.